The summed E-state index contributed by atoms with van der Waals surface area (Å²) in [4.78, 5) is 0. The van der Waals surface area contributed by atoms with Crippen molar-refractivity contribution in [2.24, 2.45) is 0 Å². The minimum Gasteiger partial charge on any atom is -0.461 e. The lowest BCUT2D eigenvalue weighted by molar-refractivity contribution is 0.473. The van der Waals surface area contributed by atoms with E-state index in [1.54, 1.807) is 0 Å². The van der Waals surface area contributed by atoms with Gasteiger partial charge in [-0.3, -0.25) is 0 Å². The van der Waals surface area contributed by atoms with E-state index in [1.807, 2.05) is 6.07 Å². The van der Waals surface area contributed by atoms with Crippen LogP contribution in [-0.2, 0) is 6.42 Å². The van der Waals surface area contributed by atoms with Crippen LogP contribution >= 0.6 is 0 Å². The Morgan fingerprint density at radius 1 is 1.11 bits per heavy atom. The topological polar surface area (TPSA) is 25.2 Å². The quantitative estimate of drug-likeness (QED) is 0.770. The van der Waals surface area contributed by atoms with E-state index in [2.05, 4.69) is 44.3 Å². The summed E-state index contributed by atoms with van der Waals surface area (Å²) in [6.07, 6.45) is 4.47. The van der Waals surface area contributed by atoms with Gasteiger partial charge >= 0.3 is 0 Å². The van der Waals surface area contributed by atoms with Crippen LogP contribution in [0.4, 0.5) is 0 Å². The molecule has 0 aliphatic heterocycles. The number of hydrogen-bond acceptors (Lipinski definition) is 2. The second-order valence-electron chi connectivity index (χ2n) is 5.08. The molecule has 0 radical (unpaired) electrons. The summed E-state index contributed by atoms with van der Waals surface area (Å²) in [5.41, 5.74) is 2.40. The van der Waals surface area contributed by atoms with Gasteiger partial charge in [0.2, 0.25) is 0 Å². The van der Waals surface area contributed by atoms with Gasteiger partial charge in [-0.25, -0.2) is 0 Å². The molecule has 2 heteroatoms. The fourth-order valence-electron chi connectivity index (χ4n) is 2.72. The highest BCUT2D eigenvalue weighted by Gasteiger charge is 2.20. The highest BCUT2D eigenvalue weighted by molar-refractivity contribution is 5.82. The van der Waals surface area contributed by atoms with E-state index in [0.29, 0.717) is 6.04 Å². The van der Waals surface area contributed by atoms with E-state index >= 15 is 0 Å². The summed E-state index contributed by atoms with van der Waals surface area (Å²) >= 11 is 0. The Balaban J connectivity index is 2.43. The Labute approximate surface area is 116 Å². The molecule has 1 aromatic heterocycles. The number of para-hydroxylation sites is 1. The second-order valence-corrected chi connectivity index (χ2v) is 5.08. The molecular formula is C17H25NO. The lowest BCUT2D eigenvalue weighted by Crippen LogP contribution is -2.22. The first-order valence-electron chi connectivity index (χ1n) is 7.55. The minimum atomic E-state index is 0.420. The first-order chi connectivity index (χ1) is 9.31. The molecule has 1 atom stereocenters. The number of hydrogen-bond donors (Lipinski definition) is 1. The molecule has 0 aliphatic carbocycles. The lowest BCUT2D eigenvalue weighted by atomic mass is 9.98. The Bertz CT molecular complexity index is 515. The van der Waals surface area contributed by atoms with Crippen LogP contribution in [0.25, 0.3) is 11.0 Å². The normalized spacial score (nSPS) is 13.0. The lowest BCUT2D eigenvalue weighted by Gasteiger charge is -2.18. The zero-order chi connectivity index (χ0) is 13.7. The highest BCUT2D eigenvalue weighted by Crippen LogP contribution is 2.33. The average molecular weight is 259 g/mol. The number of fused-ring (bicyclic) bond motifs is 1. The van der Waals surface area contributed by atoms with Gasteiger partial charge in [0, 0.05) is 23.4 Å². The van der Waals surface area contributed by atoms with E-state index in [1.165, 1.54) is 17.4 Å². The van der Waals surface area contributed by atoms with E-state index in [-0.39, 0.29) is 0 Å². The third kappa shape index (κ3) is 3.01. The van der Waals surface area contributed by atoms with E-state index in [0.717, 1.165) is 37.2 Å². The molecule has 0 spiro atoms. The van der Waals surface area contributed by atoms with E-state index < -0.39 is 0 Å². The zero-order valence-electron chi connectivity index (χ0n) is 12.3. The van der Waals surface area contributed by atoms with Gasteiger partial charge in [-0.1, -0.05) is 45.4 Å². The summed E-state index contributed by atoms with van der Waals surface area (Å²) in [6, 6.07) is 8.82. The molecule has 1 unspecified atom stereocenters. The van der Waals surface area contributed by atoms with E-state index in [9.17, 15) is 0 Å². The number of nitrogens with one attached hydrogen (secondary N) is 1. The van der Waals surface area contributed by atoms with Gasteiger partial charge < -0.3 is 9.73 Å². The van der Waals surface area contributed by atoms with Crippen molar-refractivity contribution < 1.29 is 4.42 Å². The molecule has 104 valence electrons. The standard InChI is InChI=1S/C17H25NO/c1-4-9-14(18-12-5-2)17-13-10-7-8-11-16(13)19-15(17)6-3/h7-8,10-11,14,18H,4-6,9,12H2,1-3H3. The number of rotatable bonds is 7. The average Bonchev–Trinajstić information content (AvgIpc) is 2.82. The van der Waals surface area contributed by atoms with Crippen molar-refractivity contribution in [3.63, 3.8) is 0 Å². The molecule has 2 nitrogen and oxygen atoms in total. The molecule has 0 fully saturated rings. The van der Waals surface area contributed by atoms with Crippen LogP contribution in [0.1, 0.15) is 57.4 Å². The van der Waals surface area contributed by atoms with E-state index in [4.69, 9.17) is 4.42 Å². The molecule has 1 aromatic carbocycles. The Morgan fingerprint density at radius 2 is 1.89 bits per heavy atom. The minimum absolute atomic E-state index is 0.420. The van der Waals surface area contributed by atoms with Crippen LogP contribution in [0, 0.1) is 0 Å². The van der Waals surface area contributed by atoms with Gasteiger partial charge in [0.25, 0.3) is 0 Å². The molecule has 0 aliphatic rings. The second kappa shape index (κ2) is 6.76. The summed E-state index contributed by atoms with van der Waals surface area (Å²) in [6.45, 7) is 7.69. The number of furan rings is 1. The Morgan fingerprint density at radius 3 is 2.58 bits per heavy atom. The van der Waals surface area contributed by atoms with Crippen molar-refractivity contribution in [1.82, 2.24) is 5.32 Å². The van der Waals surface area contributed by atoms with Crippen molar-refractivity contribution in [3.05, 3.63) is 35.6 Å². The van der Waals surface area contributed by atoms with Crippen molar-refractivity contribution in [3.8, 4) is 0 Å². The van der Waals surface area contributed by atoms with Crippen LogP contribution in [0.2, 0.25) is 0 Å². The number of aryl methyl sites for hydroxylation is 1. The number of benzene rings is 1. The fraction of sp³-hybridized carbons (Fsp3) is 0.529. The van der Waals surface area contributed by atoms with Gasteiger partial charge in [0.1, 0.15) is 11.3 Å². The van der Waals surface area contributed by atoms with Crippen LogP contribution in [0.15, 0.2) is 28.7 Å². The summed E-state index contributed by atoms with van der Waals surface area (Å²) < 4.78 is 6.02. The largest absolute Gasteiger partial charge is 0.461 e. The Hall–Kier alpha value is -1.28. The van der Waals surface area contributed by atoms with Gasteiger partial charge in [0.05, 0.1) is 0 Å². The van der Waals surface area contributed by atoms with Gasteiger partial charge in [-0.05, 0) is 25.5 Å². The maximum Gasteiger partial charge on any atom is 0.134 e. The van der Waals surface area contributed by atoms with Crippen molar-refractivity contribution >= 4 is 11.0 Å². The summed E-state index contributed by atoms with van der Waals surface area (Å²) in [5.74, 6) is 1.14. The van der Waals surface area contributed by atoms with Crippen molar-refractivity contribution in [2.75, 3.05) is 6.54 Å². The molecule has 1 heterocycles. The van der Waals surface area contributed by atoms with Crippen LogP contribution in [0.5, 0.6) is 0 Å². The molecule has 19 heavy (non-hydrogen) atoms. The fourth-order valence-corrected chi connectivity index (χ4v) is 2.72. The SMILES string of the molecule is CCCNC(CCC)c1c(CC)oc2ccccc12. The smallest absolute Gasteiger partial charge is 0.134 e. The van der Waals surface area contributed by atoms with Gasteiger partial charge in [0.15, 0.2) is 0 Å². The van der Waals surface area contributed by atoms with Crippen molar-refractivity contribution in [1.29, 1.82) is 0 Å². The molecule has 1 N–H and O–H groups in total. The zero-order valence-corrected chi connectivity index (χ0v) is 12.3. The van der Waals surface area contributed by atoms with Crippen LogP contribution < -0.4 is 5.32 Å². The third-order valence-electron chi connectivity index (χ3n) is 3.60. The monoisotopic (exact) mass is 259 g/mol. The van der Waals surface area contributed by atoms with Gasteiger partial charge in [-0.15, -0.1) is 0 Å². The van der Waals surface area contributed by atoms with Crippen LogP contribution in [-0.4, -0.2) is 6.54 Å². The first-order valence-corrected chi connectivity index (χ1v) is 7.55. The maximum absolute atomic E-state index is 6.02. The van der Waals surface area contributed by atoms with Gasteiger partial charge in [-0.2, -0.15) is 0 Å². The summed E-state index contributed by atoms with van der Waals surface area (Å²) in [5, 5.41) is 4.96. The molecule has 2 rings (SSSR count). The highest BCUT2D eigenvalue weighted by atomic mass is 16.3. The molecule has 0 bridgehead atoms. The molecular weight excluding hydrogens is 234 g/mol. The molecule has 0 amide bonds. The Kier molecular flexibility index (Phi) is 5.03. The first kappa shape index (κ1) is 14.1. The molecule has 2 aromatic rings. The maximum atomic E-state index is 6.02. The molecule has 0 saturated heterocycles. The molecule has 0 saturated carbocycles. The third-order valence-corrected chi connectivity index (χ3v) is 3.60. The summed E-state index contributed by atoms with van der Waals surface area (Å²) in [7, 11) is 0. The van der Waals surface area contributed by atoms with Crippen LogP contribution in [0.3, 0.4) is 0 Å². The predicted molar refractivity (Wildman–Crippen MR) is 81.5 cm³/mol. The van der Waals surface area contributed by atoms with Crippen molar-refractivity contribution in [2.45, 2.75) is 52.5 Å². The predicted octanol–water partition coefficient (Wildman–Crippen LogP) is 4.84.